The summed E-state index contributed by atoms with van der Waals surface area (Å²) in [6, 6.07) is 6.04. The number of amides is 2. The number of nitrogens with one attached hydrogen (secondary N) is 2. The number of primary amides is 1. The third kappa shape index (κ3) is 5.66. The van der Waals surface area contributed by atoms with Gasteiger partial charge in [-0.15, -0.1) is 12.4 Å². The zero-order valence-corrected chi connectivity index (χ0v) is 14.3. The molecule has 2 amide bonds. The Hall–Kier alpha value is -1.34. The summed E-state index contributed by atoms with van der Waals surface area (Å²) < 4.78 is 5.46. The zero-order valence-electron chi connectivity index (χ0n) is 12.8. The summed E-state index contributed by atoms with van der Waals surface area (Å²) in [4.78, 5) is 23.7. The van der Waals surface area contributed by atoms with Crippen LogP contribution in [0.5, 0.6) is 0 Å². The summed E-state index contributed by atoms with van der Waals surface area (Å²) in [5.74, 6) is -0.718. The molecule has 3 atom stereocenters. The molecule has 1 heterocycles. The van der Waals surface area contributed by atoms with Gasteiger partial charge in [-0.3, -0.25) is 9.59 Å². The van der Waals surface area contributed by atoms with Crippen molar-refractivity contribution in [2.45, 2.75) is 31.5 Å². The first-order valence-corrected chi connectivity index (χ1v) is 7.54. The van der Waals surface area contributed by atoms with E-state index in [0.717, 1.165) is 5.56 Å². The number of morpholine rings is 1. The van der Waals surface area contributed by atoms with Gasteiger partial charge in [-0.1, -0.05) is 23.7 Å². The van der Waals surface area contributed by atoms with Crippen LogP contribution in [0.2, 0.25) is 5.02 Å². The van der Waals surface area contributed by atoms with Crippen molar-refractivity contribution in [1.29, 1.82) is 0 Å². The second-order valence-corrected chi connectivity index (χ2v) is 5.73. The molecular formula is C15H21Cl2N3O3. The zero-order chi connectivity index (χ0) is 16.1. The normalized spacial score (nSPS) is 21.8. The van der Waals surface area contributed by atoms with Crippen molar-refractivity contribution in [3.8, 4) is 0 Å². The van der Waals surface area contributed by atoms with Gasteiger partial charge in [0.25, 0.3) is 0 Å². The van der Waals surface area contributed by atoms with Gasteiger partial charge in [-0.2, -0.15) is 0 Å². The Balaban J connectivity index is 0.00000264. The molecule has 1 saturated heterocycles. The van der Waals surface area contributed by atoms with E-state index in [2.05, 4.69) is 10.6 Å². The van der Waals surface area contributed by atoms with Crippen molar-refractivity contribution in [1.82, 2.24) is 10.6 Å². The van der Waals surface area contributed by atoms with Crippen molar-refractivity contribution in [2.24, 2.45) is 5.73 Å². The molecule has 0 saturated carbocycles. The second-order valence-electron chi connectivity index (χ2n) is 5.29. The summed E-state index contributed by atoms with van der Waals surface area (Å²) >= 11 is 5.97. The van der Waals surface area contributed by atoms with Gasteiger partial charge in [0.2, 0.25) is 11.8 Å². The highest BCUT2D eigenvalue weighted by Gasteiger charge is 2.30. The Labute approximate surface area is 146 Å². The van der Waals surface area contributed by atoms with Crippen LogP contribution >= 0.6 is 24.0 Å². The van der Waals surface area contributed by atoms with Gasteiger partial charge >= 0.3 is 0 Å². The minimum atomic E-state index is -0.514. The highest BCUT2D eigenvalue weighted by Crippen LogP contribution is 2.21. The smallest absolute Gasteiger partial charge is 0.240 e. The van der Waals surface area contributed by atoms with Crippen LogP contribution in [-0.2, 0) is 14.3 Å². The minimum Gasteiger partial charge on any atom is -0.375 e. The molecule has 0 aliphatic carbocycles. The molecule has 0 bridgehead atoms. The highest BCUT2D eigenvalue weighted by molar-refractivity contribution is 6.30. The first-order valence-electron chi connectivity index (χ1n) is 7.16. The van der Waals surface area contributed by atoms with Crippen molar-refractivity contribution in [3.63, 3.8) is 0 Å². The van der Waals surface area contributed by atoms with E-state index in [1.165, 1.54) is 0 Å². The fourth-order valence-corrected chi connectivity index (χ4v) is 2.66. The van der Waals surface area contributed by atoms with Crippen molar-refractivity contribution in [2.75, 3.05) is 13.2 Å². The minimum absolute atomic E-state index is 0. The Morgan fingerprint density at radius 1 is 1.52 bits per heavy atom. The third-order valence-corrected chi connectivity index (χ3v) is 3.81. The number of benzene rings is 1. The molecule has 0 spiro atoms. The van der Waals surface area contributed by atoms with Crippen LogP contribution in [0.3, 0.4) is 0 Å². The van der Waals surface area contributed by atoms with Gasteiger partial charge in [0.1, 0.15) is 6.04 Å². The molecule has 0 radical (unpaired) electrons. The maximum Gasteiger partial charge on any atom is 0.240 e. The molecule has 1 aromatic carbocycles. The van der Waals surface area contributed by atoms with Gasteiger partial charge in [0.15, 0.2) is 0 Å². The van der Waals surface area contributed by atoms with Crippen molar-refractivity contribution < 1.29 is 14.3 Å². The number of rotatable bonds is 5. The second kappa shape index (κ2) is 9.08. The quantitative estimate of drug-likeness (QED) is 0.733. The number of carbonyl (C=O) groups is 2. The average Bonchev–Trinajstić information content (AvgIpc) is 2.46. The maximum absolute atomic E-state index is 12.4. The SMILES string of the molecule is C[C@H]1OCCN[C@@H]1C(=O)N[C@H](CC(N)=O)c1cccc(Cl)c1.Cl. The lowest BCUT2D eigenvalue weighted by molar-refractivity contribution is -0.130. The van der Waals surface area contributed by atoms with Gasteiger partial charge in [0.05, 0.1) is 25.2 Å². The van der Waals surface area contributed by atoms with Crippen LogP contribution in [0.1, 0.15) is 24.9 Å². The van der Waals surface area contributed by atoms with Crippen molar-refractivity contribution in [3.05, 3.63) is 34.9 Å². The summed E-state index contributed by atoms with van der Waals surface area (Å²) in [5, 5.41) is 6.50. The molecule has 4 N–H and O–H groups in total. The first kappa shape index (κ1) is 19.7. The van der Waals surface area contributed by atoms with Gasteiger partial charge in [-0.05, 0) is 24.6 Å². The van der Waals surface area contributed by atoms with Gasteiger partial charge in [0, 0.05) is 11.6 Å². The Morgan fingerprint density at radius 2 is 2.26 bits per heavy atom. The van der Waals surface area contributed by atoms with E-state index < -0.39 is 18.0 Å². The van der Waals surface area contributed by atoms with Crippen molar-refractivity contribution >= 4 is 35.8 Å². The van der Waals surface area contributed by atoms with Crippen LogP contribution in [0.15, 0.2) is 24.3 Å². The average molecular weight is 362 g/mol. The van der Waals surface area contributed by atoms with E-state index in [9.17, 15) is 9.59 Å². The van der Waals surface area contributed by atoms with Crippen LogP contribution in [-0.4, -0.2) is 37.1 Å². The van der Waals surface area contributed by atoms with E-state index in [-0.39, 0.29) is 30.8 Å². The molecule has 128 valence electrons. The summed E-state index contributed by atoms with van der Waals surface area (Å²) in [5.41, 5.74) is 6.03. The Kier molecular flexibility index (Phi) is 7.78. The van der Waals surface area contributed by atoms with Crippen LogP contribution in [0.4, 0.5) is 0 Å². The molecule has 8 heteroatoms. The van der Waals surface area contributed by atoms with Crippen LogP contribution in [0.25, 0.3) is 0 Å². The molecule has 1 fully saturated rings. The number of ether oxygens (including phenoxy) is 1. The van der Waals surface area contributed by atoms with E-state index >= 15 is 0 Å². The number of halogens is 2. The number of hydrogen-bond donors (Lipinski definition) is 3. The molecule has 23 heavy (non-hydrogen) atoms. The molecule has 0 aromatic heterocycles. The Bertz CT molecular complexity index is 557. The lowest BCUT2D eigenvalue weighted by Gasteiger charge is -2.30. The van der Waals surface area contributed by atoms with E-state index in [4.69, 9.17) is 22.1 Å². The lowest BCUT2D eigenvalue weighted by Crippen LogP contribution is -2.56. The standard InChI is InChI=1S/C15H20ClN3O3.ClH/c1-9-14(18-5-6-22-9)15(21)19-12(8-13(17)20)10-3-2-4-11(16)7-10;/h2-4,7,9,12,14,18H,5-6,8H2,1H3,(H2,17,20)(H,19,21);1H/t9-,12-,14+;/m1./s1. The predicted molar refractivity (Wildman–Crippen MR) is 90.6 cm³/mol. The van der Waals surface area contributed by atoms with E-state index in [1.807, 2.05) is 6.92 Å². The maximum atomic E-state index is 12.4. The fraction of sp³-hybridized carbons (Fsp3) is 0.467. The molecule has 0 unspecified atom stereocenters. The van der Waals surface area contributed by atoms with Crippen LogP contribution in [0, 0.1) is 0 Å². The molecule has 2 rings (SSSR count). The van der Waals surface area contributed by atoms with Gasteiger partial charge < -0.3 is 21.1 Å². The predicted octanol–water partition coefficient (Wildman–Crippen LogP) is 1.17. The molecule has 6 nitrogen and oxygen atoms in total. The summed E-state index contributed by atoms with van der Waals surface area (Å²) in [6.45, 7) is 3.02. The van der Waals surface area contributed by atoms with E-state index in [0.29, 0.717) is 18.2 Å². The van der Waals surface area contributed by atoms with Gasteiger partial charge in [-0.25, -0.2) is 0 Å². The lowest BCUT2D eigenvalue weighted by atomic mass is 10.0. The molecule has 1 aliphatic rings. The number of carbonyl (C=O) groups excluding carboxylic acids is 2. The molecular weight excluding hydrogens is 341 g/mol. The largest absolute Gasteiger partial charge is 0.375 e. The molecule has 1 aromatic rings. The molecule has 1 aliphatic heterocycles. The highest BCUT2D eigenvalue weighted by atomic mass is 35.5. The summed E-state index contributed by atoms with van der Waals surface area (Å²) in [7, 11) is 0. The number of hydrogen-bond acceptors (Lipinski definition) is 4. The number of nitrogens with two attached hydrogens (primary N) is 1. The first-order chi connectivity index (χ1) is 10.5. The third-order valence-electron chi connectivity index (χ3n) is 3.57. The monoisotopic (exact) mass is 361 g/mol. The Morgan fingerprint density at radius 3 is 2.87 bits per heavy atom. The van der Waals surface area contributed by atoms with Crippen LogP contribution < -0.4 is 16.4 Å². The fourth-order valence-electron chi connectivity index (χ4n) is 2.47. The van der Waals surface area contributed by atoms with E-state index in [1.54, 1.807) is 24.3 Å². The summed E-state index contributed by atoms with van der Waals surface area (Å²) in [6.07, 6.45) is -0.226. The topological polar surface area (TPSA) is 93.4 Å².